The van der Waals surface area contributed by atoms with E-state index in [-0.39, 0.29) is 23.6 Å². The lowest BCUT2D eigenvalue weighted by Gasteiger charge is -2.19. The molecule has 1 unspecified atom stereocenters. The van der Waals surface area contributed by atoms with Gasteiger partial charge in [-0.05, 0) is 50.5 Å². The summed E-state index contributed by atoms with van der Waals surface area (Å²) in [4.78, 5) is 15.2. The minimum Gasteiger partial charge on any atom is -0.350 e. The van der Waals surface area contributed by atoms with Gasteiger partial charge < -0.3 is 10.6 Å². The molecule has 0 aliphatic rings. The number of amides is 1. The van der Waals surface area contributed by atoms with Gasteiger partial charge in [0.1, 0.15) is 11.5 Å². The third-order valence-corrected chi connectivity index (χ3v) is 4.80. The highest BCUT2D eigenvalue weighted by molar-refractivity contribution is 6.32. The van der Waals surface area contributed by atoms with Crippen molar-refractivity contribution in [3.05, 3.63) is 69.6 Å². The lowest BCUT2D eigenvalue weighted by Crippen LogP contribution is -2.27. The maximum atomic E-state index is 13.1. The molecule has 1 amide bonds. The summed E-state index contributed by atoms with van der Waals surface area (Å²) in [5, 5.41) is 8.77. The average Bonchev–Trinajstić information content (AvgIpc) is 2.66. The number of anilines is 1. The molecule has 0 fully saturated rings. The van der Waals surface area contributed by atoms with Gasteiger partial charge in [-0.3, -0.25) is 4.79 Å². The quantitative estimate of drug-likeness (QED) is 0.356. The van der Waals surface area contributed by atoms with Crippen molar-refractivity contribution in [2.24, 2.45) is 5.11 Å². The Balaban J connectivity index is 2.38. The first-order chi connectivity index (χ1) is 14.2. The first kappa shape index (κ1) is 23.3. The Labute approximate surface area is 177 Å². The van der Waals surface area contributed by atoms with Gasteiger partial charge >= 0.3 is 6.18 Å². The van der Waals surface area contributed by atoms with E-state index in [2.05, 4.69) is 20.7 Å². The normalized spacial score (nSPS) is 13.3. The van der Waals surface area contributed by atoms with Crippen LogP contribution in [0.1, 0.15) is 30.2 Å². The molecule has 1 aromatic heterocycles. The van der Waals surface area contributed by atoms with Crippen LogP contribution in [0.25, 0.3) is 0 Å². The van der Waals surface area contributed by atoms with E-state index in [0.29, 0.717) is 23.5 Å². The number of alkyl halides is 3. The van der Waals surface area contributed by atoms with Crippen LogP contribution in [-0.4, -0.2) is 17.4 Å². The van der Waals surface area contributed by atoms with Gasteiger partial charge in [0, 0.05) is 11.4 Å². The highest BCUT2D eigenvalue weighted by Crippen LogP contribution is 2.36. The molecule has 30 heavy (non-hydrogen) atoms. The van der Waals surface area contributed by atoms with E-state index in [0.717, 1.165) is 11.8 Å². The van der Waals surface area contributed by atoms with E-state index < -0.39 is 17.8 Å². The molecule has 0 saturated heterocycles. The van der Waals surface area contributed by atoms with Crippen LogP contribution in [0.5, 0.6) is 0 Å². The van der Waals surface area contributed by atoms with Crippen molar-refractivity contribution in [2.75, 3.05) is 5.32 Å². The van der Waals surface area contributed by atoms with E-state index >= 15 is 0 Å². The number of hydrogen-bond donors (Lipinski definition) is 3. The van der Waals surface area contributed by atoms with E-state index in [1.165, 1.54) is 12.1 Å². The second kappa shape index (κ2) is 10.2. The van der Waals surface area contributed by atoms with Crippen LogP contribution in [0.3, 0.4) is 0 Å². The third-order valence-electron chi connectivity index (χ3n) is 4.35. The number of allylic oxidation sites excluding steroid dienone is 1. The van der Waals surface area contributed by atoms with Gasteiger partial charge in [0.05, 0.1) is 16.6 Å². The number of halogens is 4. The summed E-state index contributed by atoms with van der Waals surface area (Å²) in [5.41, 5.74) is 8.36. The smallest absolute Gasteiger partial charge is 0.350 e. The number of aryl methyl sites for hydroxylation is 2. The SMILES string of the molecule is Cc1cccc(N/C(CCc2cccc(C(F)(F)F)c2Cl)=C(\N=N)C(C)NC=O)n1. The number of aromatic nitrogens is 1. The number of carbonyl (C=O) groups excluding carboxylic acids is 1. The van der Waals surface area contributed by atoms with Crippen LogP contribution in [0.4, 0.5) is 19.0 Å². The van der Waals surface area contributed by atoms with Gasteiger partial charge in [-0.25, -0.2) is 10.5 Å². The van der Waals surface area contributed by atoms with Crippen LogP contribution in [0.15, 0.2) is 52.9 Å². The second-order valence-corrected chi connectivity index (χ2v) is 6.93. The van der Waals surface area contributed by atoms with Crippen molar-refractivity contribution >= 4 is 23.8 Å². The predicted octanol–water partition coefficient (Wildman–Crippen LogP) is 5.48. The number of carbonyl (C=O) groups is 1. The lowest BCUT2D eigenvalue weighted by molar-refractivity contribution is -0.137. The van der Waals surface area contributed by atoms with Crippen molar-refractivity contribution in [3.8, 4) is 0 Å². The molecule has 10 heteroatoms. The largest absolute Gasteiger partial charge is 0.417 e. The zero-order chi connectivity index (χ0) is 22.3. The summed E-state index contributed by atoms with van der Waals surface area (Å²) in [6.45, 7) is 3.45. The Morgan fingerprint density at radius 3 is 2.60 bits per heavy atom. The summed E-state index contributed by atoms with van der Waals surface area (Å²) >= 11 is 6.00. The van der Waals surface area contributed by atoms with Crippen LogP contribution in [0, 0.1) is 12.5 Å². The van der Waals surface area contributed by atoms with Crippen molar-refractivity contribution < 1.29 is 18.0 Å². The Morgan fingerprint density at radius 2 is 2.00 bits per heavy atom. The van der Waals surface area contributed by atoms with Crippen LogP contribution in [0.2, 0.25) is 5.02 Å². The molecule has 3 N–H and O–H groups in total. The molecule has 0 radical (unpaired) electrons. The average molecular weight is 440 g/mol. The maximum Gasteiger partial charge on any atom is 0.417 e. The molecular weight excluding hydrogens is 419 g/mol. The predicted molar refractivity (Wildman–Crippen MR) is 108 cm³/mol. The summed E-state index contributed by atoms with van der Waals surface area (Å²) in [6, 6.07) is 8.46. The number of pyridine rings is 1. The van der Waals surface area contributed by atoms with Crippen LogP contribution >= 0.6 is 11.6 Å². The molecule has 0 saturated carbocycles. The Hall–Kier alpha value is -2.94. The fraction of sp³-hybridized carbons (Fsp3) is 0.300. The number of benzene rings is 1. The van der Waals surface area contributed by atoms with E-state index in [9.17, 15) is 18.0 Å². The third kappa shape index (κ3) is 6.03. The first-order valence-corrected chi connectivity index (χ1v) is 9.40. The number of rotatable bonds is 9. The molecule has 0 bridgehead atoms. The highest BCUT2D eigenvalue weighted by atomic mass is 35.5. The van der Waals surface area contributed by atoms with E-state index in [1.807, 2.05) is 13.0 Å². The standard InChI is InChI=1S/C20H21ClF3N5O/c1-12-5-3-8-17(27-12)28-16(19(29-25)13(2)26-11-30)10-9-14-6-4-7-15(18(14)21)20(22,23)24/h3-8,11,13,25H,9-10H2,1-2H3,(H,26,30)(H,27,28)/b19-16-,29-25?. The first-order valence-electron chi connectivity index (χ1n) is 9.02. The Morgan fingerprint density at radius 1 is 1.30 bits per heavy atom. The second-order valence-electron chi connectivity index (χ2n) is 6.55. The van der Waals surface area contributed by atoms with Gasteiger partial charge in [-0.2, -0.15) is 18.3 Å². The maximum absolute atomic E-state index is 13.1. The van der Waals surface area contributed by atoms with Crippen LogP contribution < -0.4 is 10.6 Å². The summed E-state index contributed by atoms with van der Waals surface area (Å²) in [7, 11) is 0. The zero-order valence-electron chi connectivity index (χ0n) is 16.3. The molecule has 160 valence electrons. The molecule has 2 rings (SSSR count). The number of nitrogens with one attached hydrogen (secondary N) is 3. The van der Waals surface area contributed by atoms with Gasteiger partial charge in [0.25, 0.3) is 0 Å². The fourth-order valence-electron chi connectivity index (χ4n) is 2.88. The Kier molecular flexibility index (Phi) is 7.93. The zero-order valence-corrected chi connectivity index (χ0v) is 17.1. The van der Waals surface area contributed by atoms with Gasteiger partial charge in [0.15, 0.2) is 0 Å². The summed E-state index contributed by atoms with van der Waals surface area (Å²) in [5.74, 6) is 0.486. The minimum atomic E-state index is -4.56. The molecule has 0 aliphatic carbocycles. The van der Waals surface area contributed by atoms with Crippen molar-refractivity contribution in [1.82, 2.24) is 10.3 Å². The molecule has 2 aromatic rings. The van der Waals surface area contributed by atoms with Crippen molar-refractivity contribution in [1.29, 1.82) is 5.53 Å². The molecule has 1 atom stereocenters. The highest BCUT2D eigenvalue weighted by Gasteiger charge is 2.33. The van der Waals surface area contributed by atoms with Crippen LogP contribution in [-0.2, 0) is 17.4 Å². The Bertz CT molecular complexity index is 946. The van der Waals surface area contributed by atoms with Gasteiger partial charge in [-0.1, -0.05) is 29.8 Å². The molecule has 0 aliphatic heterocycles. The molecule has 1 heterocycles. The van der Waals surface area contributed by atoms with Gasteiger partial charge in [0.2, 0.25) is 6.41 Å². The molecule has 0 spiro atoms. The lowest BCUT2D eigenvalue weighted by atomic mass is 10.0. The van der Waals surface area contributed by atoms with E-state index in [4.69, 9.17) is 17.1 Å². The number of hydrogen-bond acceptors (Lipinski definition) is 5. The fourth-order valence-corrected chi connectivity index (χ4v) is 3.21. The topological polar surface area (TPSA) is 90.2 Å². The summed E-state index contributed by atoms with van der Waals surface area (Å²) < 4.78 is 39.4. The number of nitrogens with zero attached hydrogens (tertiary/aromatic N) is 2. The molecular formula is C20H21ClF3N5O. The summed E-state index contributed by atoms with van der Waals surface area (Å²) in [6.07, 6.45) is -3.72. The van der Waals surface area contributed by atoms with E-state index in [1.54, 1.807) is 19.1 Å². The monoisotopic (exact) mass is 439 g/mol. The van der Waals surface area contributed by atoms with Crippen molar-refractivity contribution in [3.63, 3.8) is 0 Å². The van der Waals surface area contributed by atoms with Crippen molar-refractivity contribution in [2.45, 2.75) is 38.9 Å². The molecule has 6 nitrogen and oxygen atoms in total. The van der Waals surface area contributed by atoms with Gasteiger partial charge in [-0.15, -0.1) is 0 Å². The minimum absolute atomic E-state index is 0.156. The molecule has 1 aromatic carbocycles.